The molecule has 0 bridgehead atoms. The van der Waals surface area contributed by atoms with E-state index in [1.165, 1.54) is 37.8 Å². The lowest BCUT2D eigenvalue weighted by Crippen LogP contribution is -2.47. The van der Waals surface area contributed by atoms with Gasteiger partial charge in [0.1, 0.15) is 0 Å². The minimum atomic E-state index is 0.268. The molecule has 1 aromatic carbocycles. The number of hydrogen-bond donors (Lipinski definition) is 1. The molecule has 3 aliphatic heterocycles. The fourth-order valence-corrected chi connectivity index (χ4v) is 4.84. The average molecular weight is 327 g/mol. The maximum Gasteiger partial charge on any atom is 0.241 e. The molecule has 0 aliphatic carbocycles. The summed E-state index contributed by atoms with van der Waals surface area (Å²) < 4.78 is 0. The minimum absolute atomic E-state index is 0.268. The van der Waals surface area contributed by atoms with Crippen LogP contribution in [0.3, 0.4) is 0 Å². The van der Waals surface area contributed by atoms with Crippen LogP contribution in [0.1, 0.15) is 38.2 Å². The number of anilines is 1. The summed E-state index contributed by atoms with van der Waals surface area (Å²) in [4.78, 5) is 17.3. The Morgan fingerprint density at radius 1 is 1.21 bits per heavy atom. The number of benzene rings is 1. The molecule has 4 rings (SSSR count). The van der Waals surface area contributed by atoms with Crippen LogP contribution in [0.15, 0.2) is 24.3 Å². The zero-order valence-electron chi connectivity index (χ0n) is 14.7. The molecule has 0 saturated carbocycles. The zero-order chi connectivity index (χ0) is 16.5. The Hall–Kier alpha value is -1.39. The number of fused-ring (bicyclic) bond motifs is 1. The molecule has 24 heavy (non-hydrogen) atoms. The molecule has 0 spiro atoms. The summed E-state index contributed by atoms with van der Waals surface area (Å²) in [5.41, 5.74) is 2.43. The topological polar surface area (TPSA) is 35.6 Å². The standard InChI is InChI=1S/C20H29N3O/c1-15-13-17-5-2-3-7-19(17)23(15)20(24)14-22-11-8-16(9-12-22)18-6-4-10-21-18/h2-3,5,7,15-16,18,21H,4,6,8-14H2,1H3. The number of rotatable bonds is 3. The first-order valence-electron chi connectivity index (χ1n) is 9.58. The molecule has 4 nitrogen and oxygen atoms in total. The van der Waals surface area contributed by atoms with E-state index in [0.717, 1.165) is 37.2 Å². The van der Waals surface area contributed by atoms with E-state index in [-0.39, 0.29) is 11.9 Å². The predicted molar refractivity (Wildman–Crippen MR) is 97.3 cm³/mol. The monoisotopic (exact) mass is 327 g/mol. The number of carbonyl (C=O) groups excluding carboxylic acids is 1. The number of nitrogens with one attached hydrogen (secondary N) is 1. The largest absolute Gasteiger partial charge is 0.314 e. The van der Waals surface area contributed by atoms with E-state index >= 15 is 0 Å². The number of amides is 1. The van der Waals surface area contributed by atoms with E-state index in [1.807, 2.05) is 11.0 Å². The Kier molecular flexibility index (Phi) is 4.59. The number of hydrogen-bond acceptors (Lipinski definition) is 3. The molecule has 2 unspecified atom stereocenters. The zero-order valence-corrected chi connectivity index (χ0v) is 14.7. The third-order valence-electron chi connectivity index (χ3n) is 6.13. The SMILES string of the molecule is CC1Cc2ccccc2N1C(=O)CN1CCC(C2CCCN2)CC1. The van der Waals surface area contributed by atoms with E-state index in [9.17, 15) is 4.79 Å². The summed E-state index contributed by atoms with van der Waals surface area (Å²) in [7, 11) is 0. The molecule has 3 heterocycles. The molecule has 0 aromatic heterocycles. The van der Waals surface area contributed by atoms with Gasteiger partial charge in [-0.1, -0.05) is 18.2 Å². The Bertz CT molecular complexity index is 588. The first kappa shape index (κ1) is 16.1. The van der Waals surface area contributed by atoms with Crippen LogP contribution in [-0.4, -0.2) is 49.1 Å². The smallest absolute Gasteiger partial charge is 0.241 e. The average Bonchev–Trinajstić information content (AvgIpc) is 3.22. The van der Waals surface area contributed by atoms with Crippen LogP contribution in [0.2, 0.25) is 0 Å². The number of nitrogens with zero attached hydrogens (tertiary/aromatic N) is 2. The van der Waals surface area contributed by atoms with Crippen molar-refractivity contribution < 1.29 is 4.79 Å². The van der Waals surface area contributed by atoms with Crippen molar-refractivity contribution >= 4 is 11.6 Å². The third kappa shape index (κ3) is 3.09. The van der Waals surface area contributed by atoms with Crippen molar-refractivity contribution in [3.63, 3.8) is 0 Å². The second-order valence-corrected chi connectivity index (χ2v) is 7.76. The highest BCUT2D eigenvalue weighted by molar-refractivity contribution is 5.97. The van der Waals surface area contributed by atoms with Crippen molar-refractivity contribution in [1.82, 2.24) is 10.2 Å². The fraction of sp³-hybridized carbons (Fsp3) is 0.650. The van der Waals surface area contributed by atoms with E-state index < -0.39 is 0 Å². The van der Waals surface area contributed by atoms with Crippen molar-refractivity contribution in [2.24, 2.45) is 5.92 Å². The first-order valence-corrected chi connectivity index (χ1v) is 9.58. The number of piperidine rings is 1. The predicted octanol–water partition coefficient (Wildman–Crippen LogP) is 2.43. The lowest BCUT2D eigenvalue weighted by Gasteiger charge is -2.35. The van der Waals surface area contributed by atoms with Gasteiger partial charge in [-0.05, 0) is 76.2 Å². The summed E-state index contributed by atoms with van der Waals surface area (Å²) in [6.07, 6.45) is 6.12. The highest BCUT2D eigenvalue weighted by Gasteiger charge is 2.33. The van der Waals surface area contributed by atoms with E-state index in [0.29, 0.717) is 6.54 Å². The van der Waals surface area contributed by atoms with E-state index in [1.54, 1.807) is 0 Å². The van der Waals surface area contributed by atoms with Gasteiger partial charge in [0.15, 0.2) is 0 Å². The molecule has 3 aliphatic rings. The Morgan fingerprint density at radius 2 is 2.00 bits per heavy atom. The molecule has 2 fully saturated rings. The van der Waals surface area contributed by atoms with Crippen molar-refractivity contribution in [2.45, 2.75) is 51.1 Å². The number of para-hydroxylation sites is 1. The molecule has 4 heteroatoms. The first-order chi connectivity index (χ1) is 11.7. The second kappa shape index (κ2) is 6.85. The molecule has 130 valence electrons. The van der Waals surface area contributed by atoms with Crippen molar-refractivity contribution in [1.29, 1.82) is 0 Å². The van der Waals surface area contributed by atoms with Crippen LogP contribution in [0.4, 0.5) is 5.69 Å². The normalized spacial score (nSPS) is 28.3. The Morgan fingerprint density at radius 3 is 2.75 bits per heavy atom. The quantitative estimate of drug-likeness (QED) is 0.926. The van der Waals surface area contributed by atoms with Crippen molar-refractivity contribution in [3.05, 3.63) is 29.8 Å². The van der Waals surface area contributed by atoms with Gasteiger partial charge in [-0.2, -0.15) is 0 Å². The van der Waals surface area contributed by atoms with Crippen LogP contribution in [0, 0.1) is 5.92 Å². The molecular formula is C20H29N3O. The van der Waals surface area contributed by atoms with Crippen LogP contribution in [0.5, 0.6) is 0 Å². The van der Waals surface area contributed by atoms with Gasteiger partial charge in [-0.25, -0.2) is 0 Å². The van der Waals surface area contributed by atoms with Gasteiger partial charge < -0.3 is 10.2 Å². The lowest BCUT2D eigenvalue weighted by molar-refractivity contribution is -0.120. The molecule has 2 saturated heterocycles. The maximum atomic E-state index is 12.9. The van der Waals surface area contributed by atoms with Crippen LogP contribution < -0.4 is 10.2 Å². The van der Waals surface area contributed by atoms with E-state index in [4.69, 9.17) is 0 Å². The van der Waals surface area contributed by atoms with Crippen molar-refractivity contribution in [3.8, 4) is 0 Å². The molecule has 0 radical (unpaired) electrons. The molecular weight excluding hydrogens is 298 g/mol. The maximum absolute atomic E-state index is 12.9. The van der Waals surface area contributed by atoms with E-state index in [2.05, 4.69) is 35.3 Å². The van der Waals surface area contributed by atoms with Gasteiger partial charge in [0, 0.05) is 17.8 Å². The molecule has 1 amide bonds. The summed E-state index contributed by atoms with van der Waals surface area (Å²) in [6, 6.07) is 9.37. The summed E-state index contributed by atoms with van der Waals surface area (Å²) in [6.45, 7) is 6.06. The Balaban J connectivity index is 1.34. The number of likely N-dealkylation sites (tertiary alicyclic amines) is 1. The lowest BCUT2D eigenvalue weighted by atomic mass is 9.88. The minimum Gasteiger partial charge on any atom is -0.314 e. The highest BCUT2D eigenvalue weighted by atomic mass is 16.2. The van der Waals surface area contributed by atoms with Crippen LogP contribution in [0.25, 0.3) is 0 Å². The summed E-state index contributed by atoms with van der Waals surface area (Å²) in [5, 5.41) is 3.65. The van der Waals surface area contributed by atoms with Crippen LogP contribution >= 0.6 is 0 Å². The van der Waals surface area contributed by atoms with Gasteiger partial charge in [0.25, 0.3) is 0 Å². The number of carbonyl (C=O) groups is 1. The van der Waals surface area contributed by atoms with Gasteiger partial charge >= 0.3 is 0 Å². The van der Waals surface area contributed by atoms with Gasteiger partial charge in [0.2, 0.25) is 5.91 Å². The molecule has 2 atom stereocenters. The van der Waals surface area contributed by atoms with Gasteiger partial charge in [-0.15, -0.1) is 0 Å². The summed E-state index contributed by atoms with van der Waals surface area (Å²) in [5.74, 6) is 1.08. The highest BCUT2D eigenvalue weighted by Crippen LogP contribution is 2.32. The third-order valence-corrected chi connectivity index (χ3v) is 6.13. The fourth-order valence-electron chi connectivity index (χ4n) is 4.84. The van der Waals surface area contributed by atoms with Crippen molar-refractivity contribution in [2.75, 3.05) is 31.1 Å². The Labute approximate surface area is 145 Å². The van der Waals surface area contributed by atoms with Gasteiger partial charge in [-0.3, -0.25) is 9.69 Å². The van der Waals surface area contributed by atoms with Gasteiger partial charge in [0.05, 0.1) is 6.54 Å². The van der Waals surface area contributed by atoms with Crippen LogP contribution in [-0.2, 0) is 11.2 Å². The molecule has 1 aromatic rings. The summed E-state index contributed by atoms with van der Waals surface area (Å²) >= 11 is 0. The second-order valence-electron chi connectivity index (χ2n) is 7.76. The molecule has 1 N–H and O–H groups in total.